The number of allylic oxidation sites excluding steroid dienone is 1. The van der Waals surface area contributed by atoms with Crippen molar-refractivity contribution in [2.24, 2.45) is 0 Å². The number of aromatic nitrogens is 2. The monoisotopic (exact) mass is 134 g/mol. The highest BCUT2D eigenvalue weighted by atomic mass is 15.0. The summed E-state index contributed by atoms with van der Waals surface area (Å²) in [5.41, 5.74) is 1.01. The van der Waals surface area contributed by atoms with E-state index in [0.29, 0.717) is 0 Å². The average Bonchev–Trinajstić information content (AvgIpc) is 2.36. The SMILES string of the molecule is C=Cc1cncn1/C=C\C. The number of nitrogens with zero attached hydrogens (tertiary/aromatic N) is 2. The maximum atomic E-state index is 3.95. The molecule has 0 atom stereocenters. The fourth-order valence-corrected chi connectivity index (χ4v) is 0.758. The Morgan fingerprint density at radius 3 is 3.10 bits per heavy atom. The zero-order valence-electron chi connectivity index (χ0n) is 5.99. The molecule has 0 unspecified atom stereocenters. The highest BCUT2D eigenvalue weighted by Gasteiger charge is 1.90. The number of imidazole rings is 1. The van der Waals surface area contributed by atoms with Gasteiger partial charge in [-0.2, -0.15) is 0 Å². The molecular weight excluding hydrogens is 124 g/mol. The summed E-state index contributed by atoms with van der Waals surface area (Å²) in [5.74, 6) is 0. The third kappa shape index (κ3) is 1.16. The Morgan fingerprint density at radius 1 is 1.70 bits per heavy atom. The first kappa shape index (κ1) is 6.81. The molecule has 0 aromatic carbocycles. The molecule has 2 heteroatoms. The molecular formula is C8H10N2. The highest BCUT2D eigenvalue weighted by Crippen LogP contribution is 2.00. The highest BCUT2D eigenvalue weighted by molar-refractivity contribution is 5.45. The normalized spacial score (nSPS) is 10.5. The lowest BCUT2D eigenvalue weighted by Gasteiger charge is -1.93. The van der Waals surface area contributed by atoms with Gasteiger partial charge in [-0.25, -0.2) is 4.98 Å². The molecule has 0 spiro atoms. The first-order chi connectivity index (χ1) is 4.88. The van der Waals surface area contributed by atoms with Gasteiger partial charge in [0.25, 0.3) is 0 Å². The lowest BCUT2D eigenvalue weighted by Crippen LogP contribution is -1.84. The second-order valence-corrected chi connectivity index (χ2v) is 1.91. The van der Waals surface area contributed by atoms with Crippen molar-refractivity contribution >= 4 is 12.3 Å². The van der Waals surface area contributed by atoms with Gasteiger partial charge in [-0.05, 0) is 13.0 Å². The Morgan fingerprint density at radius 2 is 2.50 bits per heavy atom. The minimum atomic E-state index is 1.01. The molecule has 0 radical (unpaired) electrons. The summed E-state index contributed by atoms with van der Waals surface area (Å²) >= 11 is 0. The third-order valence-corrected chi connectivity index (χ3v) is 1.21. The quantitative estimate of drug-likeness (QED) is 0.605. The van der Waals surface area contributed by atoms with Crippen LogP contribution < -0.4 is 0 Å². The van der Waals surface area contributed by atoms with E-state index in [2.05, 4.69) is 11.6 Å². The van der Waals surface area contributed by atoms with Crippen molar-refractivity contribution in [1.29, 1.82) is 0 Å². The predicted octanol–water partition coefficient (Wildman–Crippen LogP) is 2.02. The van der Waals surface area contributed by atoms with Gasteiger partial charge in [0.2, 0.25) is 0 Å². The van der Waals surface area contributed by atoms with E-state index >= 15 is 0 Å². The van der Waals surface area contributed by atoms with Crippen LogP contribution in [-0.2, 0) is 0 Å². The van der Waals surface area contributed by atoms with Gasteiger partial charge in [-0.15, -0.1) is 0 Å². The Hall–Kier alpha value is -1.31. The molecule has 1 heterocycles. The molecule has 1 rings (SSSR count). The van der Waals surface area contributed by atoms with Crippen molar-refractivity contribution in [3.05, 3.63) is 30.9 Å². The van der Waals surface area contributed by atoms with E-state index in [0.717, 1.165) is 5.69 Å². The van der Waals surface area contributed by atoms with E-state index in [4.69, 9.17) is 0 Å². The molecule has 0 N–H and O–H groups in total. The van der Waals surface area contributed by atoms with Crippen LogP contribution in [0.3, 0.4) is 0 Å². The van der Waals surface area contributed by atoms with Crippen LogP contribution in [-0.4, -0.2) is 9.55 Å². The zero-order valence-corrected chi connectivity index (χ0v) is 5.99. The van der Waals surface area contributed by atoms with Gasteiger partial charge in [0, 0.05) is 6.20 Å². The molecule has 0 aliphatic heterocycles. The summed E-state index contributed by atoms with van der Waals surface area (Å²) in [7, 11) is 0. The van der Waals surface area contributed by atoms with E-state index < -0.39 is 0 Å². The summed E-state index contributed by atoms with van der Waals surface area (Å²) in [6, 6.07) is 0. The van der Waals surface area contributed by atoms with Crippen LogP contribution >= 0.6 is 0 Å². The number of hydrogen-bond acceptors (Lipinski definition) is 1. The van der Waals surface area contributed by atoms with E-state index in [1.54, 1.807) is 18.6 Å². The molecule has 0 aliphatic rings. The van der Waals surface area contributed by atoms with E-state index in [-0.39, 0.29) is 0 Å². The van der Waals surface area contributed by atoms with Gasteiger partial charge in [-0.1, -0.05) is 12.7 Å². The lowest BCUT2D eigenvalue weighted by atomic mass is 10.4. The molecule has 0 amide bonds. The van der Waals surface area contributed by atoms with Gasteiger partial charge in [0.05, 0.1) is 18.2 Å². The molecule has 10 heavy (non-hydrogen) atoms. The minimum Gasteiger partial charge on any atom is -0.307 e. The average molecular weight is 134 g/mol. The summed E-state index contributed by atoms with van der Waals surface area (Å²) in [6.45, 7) is 5.62. The molecule has 1 aromatic rings. The van der Waals surface area contributed by atoms with Crippen molar-refractivity contribution in [2.45, 2.75) is 6.92 Å². The second-order valence-electron chi connectivity index (χ2n) is 1.91. The number of hydrogen-bond donors (Lipinski definition) is 0. The topological polar surface area (TPSA) is 17.8 Å². The first-order valence-corrected chi connectivity index (χ1v) is 3.15. The van der Waals surface area contributed by atoms with Gasteiger partial charge in [0.15, 0.2) is 0 Å². The van der Waals surface area contributed by atoms with Gasteiger partial charge < -0.3 is 4.57 Å². The van der Waals surface area contributed by atoms with E-state index in [1.165, 1.54) is 0 Å². The Bertz CT molecular complexity index is 246. The van der Waals surface area contributed by atoms with Crippen molar-refractivity contribution in [2.75, 3.05) is 0 Å². The van der Waals surface area contributed by atoms with Crippen molar-refractivity contribution < 1.29 is 0 Å². The first-order valence-electron chi connectivity index (χ1n) is 3.15. The molecule has 0 aliphatic carbocycles. The molecule has 0 saturated heterocycles. The summed E-state index contributed by atoms with van der Waals surface area (Å²) in [4.78, 5) is 3.95. The van der Waals surface area contributed by atoms with Crippen LogP contribution in [0.15, 0.2) is 25.2 Å². The molecule has 0 fully saturated rings. The summed E-state index contributed by atoms with van der Waals surface area (Å²) in [6.07, 6.45) is 9.18. The molecule has 0 bridgehead atoms. The fraction of sp³-hybridized carbons (Fsp3) is 0.125. The van der Waals surface area contributed by atoms with Crippen LogP contribution in [0.2, 0.25) is 0 Å². The Labute approximate surface area is 60.5 Å². The number of rotatable bonds is 2. The van der Waals surface area contributed by atoms with Crippen LogP contribution in [0.5, 0.6) is 0 Å². The molecule has 52 valence electrons. The van der Waals surface area contributed by atoms with E-state index in [1.807, 2.05) is 23.8 Å². The van der Waals surface area contributed by atoms with Crippen LogP contribution in [0.1, 0.15) is 12.6 Å². The Kier molecular flexibility index (Phi) is 2.05. The largest absolute Gasteiger partial charge is 0.307 e. The van der Waals surface area contributed by atoms with Crippen molar-refractivity contribution in [3.8, 4) is 0 Å². The minimum absolute atomic E-state index is 1.01. The van der Waals surface area contributed by atoms with Crippen molar-refractivity contribution in [1.82, 2.24) is 9.55 Å². The Balaban J connectivity index is 3.00. The molecule has 2 nitrogen and oxygen atoms in total. The van der Waals surface area contributed by atoms with Crippen molar-refractivity contribution in [3.63, 3.8) is 0 Å². The maximum absolute atomic E-state index is 3.95. The van der Waals surface area contributed by atoms with Gasteiger partial charge in [0.1, 0.15) is 0 Å². The second kappa shape index (κ2) is 3.01. The maximum Gasteiger partial charge on any atom is 0.0991 e. The van der Waals surface area contributed by atoms with Crippen LogP contribution in [0.25, 0.3) is 12.3 Å². The van der Waals surface area contributed by atoms with Crippen LogP contribution in [0, 0.1) is 0 Å². The predicted molar refractivity (Wildman–Crippen MR) is 43.3 cm³/mol. The smallest absolute Gasteiger partial charge is 0.0991 e. The third-order valence-electron chi connectivity index (χ3n) is 1.21. The molecule has 0 saturated carbocycles. The van der Waals surface area contributed by atoms with Gasteiger partial charge in [-0.3, -0.25) is 0 Å². The van der Waals surface area contributed by atoms with Crippen LogP contribution in [0.4, 0.5) is 0 Å². The standard InChI is InChI=1S/C8H10N2/c1-3-5-10-7-9-6-8(10)4-2/h3-7H,2H2,1H3/b5-3-. The summed E-state index contributed by atoms with van der Waals surface area (Å²) in [5, 5.41) is 0. The molecule has 1 aromatic heterocycles. The van der Waals surface area contributed by atoms with Gasteiger partial charge >= 0.3 is 0 Å². The zero-order chi connectivity index (χ0) is 7.40. The fourth-order valence-electron chi connectivity index (χ4n) is 0.758. The summed E-state index contributed by atoms with van der Waals surface area (Å²) < 4.78 is 1.91. The van der Waals surface area contributed by atoms with E-state index in [9.17, 15) is 0 Å². The lowest BCUT2D eigenvalue weighted by molar-refractivity contribution is 1.12.